The average molecular weight is 300 g/mol. The number of amides is 1. The van der Waals surface area contributed by atoms with Crippen molar-refractivity contribution in [1.29, 1.82) is 0 Å². The molecule has 0 aliphatic carbocycles. The van der Waals surface area contributed by atoms with Crippen LogP contribution in [0.25, 0.3) is 0 Å². The second kappa shape index (κ2) is 5.13. The number of sulfonamides is 1. The zero-order valence-electron chi connectivity index (χ0n) is 10.3. The number of hydrogen-bond acceptors (Lipinski definition) is 6. The van der Waals surface area contributed by atoms with Crippen LogP contribution in [0.1, 0.15) is 16.8 Å². The lowest BCUT2D eigenvalue weighted by Gasteiger charge is -2.16. The number of rotatable bonds is 4. The van der Waals surface area contributed by atoms with Gasteiger partial charge in [0, 0.05) is 25.1 Å². The number of carboxylic acids is 1. The molecular weight excluding hydrogens is 288 g/mol. The van der Waals surface area contributed by atoms with Crippen LogP contribution in [-0.4, -0.2) is 47.7 Å². The van der Waals surface area contributed by atoms with Gasteiger partial charge in [-0.25, -0.2) is 28.3 Å². The summed E-state index contributed by atoms with van der Waals surface area (Å²) in [6.07, 6.45) is 2.20. The van der Waals surface area contributed by atoms with Crippen LogP contribution < -0.4 is 10.0 Å². The smallest absolute Gasteiger partial charge is 0.341 e. The number of nitrogens with two attached hydrogens (primary N) is 1. The summed E-state index contributed by atoms with van der Waals surface area (Å²) in [6.45, 7) is 0.0621. The Labute approximate surface area is 114 Å². The Kier molecular flexibility index (Phi) is 3.68. The lowest BCUT2D eigenvalue weighted by molar-refractivity contribution is -0.117. The summed E-state index contributed by atoms with van der Waals surface area (Å²) in [4.78, 5) is 31.5. The zero-order chi connectivity index (χ0) is 14.9. The van der Waals surface area contributed by atoms with Crippen LogP contribution in [0.5, 0.6) is 0 Å². The predicted octanol–water partition coefficient (Wildman–Crippen LogP) is -1.18. The fourth-order valence-corrected chi connectivity index (χ4v) is 3.00. The maximum absolute atomic E-state index is 11.9. The minimum absolute atomic E-state index is 0.0144. The molecule has 1 aliphatic heterocycles. The molecule has 0 spiro atoms. The molecule has 1 unspecified atom stereocenters. The lowest BCUT2D eigenvalue weighted by atomic mass is 10.1. The number of hydrogen-bond donors (Lipinski definition) is 2. The van der Waals surface area contributed by atoms with E-state index in [-0.39, 0.29) is 36.0 Å². The highest BCUT2D eigenvalue weighted by molar-refractivity contribution is 7.89. The molecule has 1 atom stereocenters. The van der Waals surface area contributed by atoms with E-state index < -0.39 is 21.9 Å². The van der Waals surface area contributed by atoms with E-state index in [2.05, 4.69) is 9.97 Å². The molecule has 108 valence electrons. The van der Waals surface area contributed by atoms with Gasteiger partial charge in [0.05, 0.1) is 5.75 Å². The minimum Gasteiger partial charge on any atom is -0.477 e. The van der Waals surface area contributed by atoms with Crippen molar-refractivity contribution in [2.75, 3.05) is 17.2 Å². The van der Waals surface area contributed by atoms with Crippen LogP contribution in [0, 0.1) is 5.92 Å². The summed E-state index contributed by atoms with van der Waals surface area (Å²) in [6, 6.07) is 0. The summed E-state index contributed by atoms with van der Waals surface area (Å²) >= 11 is 0. The standard InChI is InChI=1S/C10H12N4O5S/c11-20(18,19)4-6-1-8(15)14(3-6)9-7(10(16)17)2-12-5-13-9/h2,5-6H,1,3-4H2,(H,16,17)(H2,11,18,19). The number of aromatic carboxylic acids is 1. The highest BCUT2D eigenvalue weighted by Crippen LogP contribution is 2.26. The lowest BCUT2D eigenvalue weighted by Crippen LogP contribution is -2.29. The number of carbonyl (C=O) groups excluding carboxylic acids is 1. The molecule has 1 amide bonds. The van der Waals surface area contributed by atoms with Crippen LogP contribution in [0.4, 0.5) is 5.82 Å². The van der Waals surface area contributed by atoms with Crippen molar-refractivity contribution in [2.45, 2.75) is 6.42 Å². The van der Waals surface area contributed by atoms with Crippen molar-refractivity contribution in [3.8, 4) is 0 Å². The second-order valence-electron chi connectivity index (χ2n) is 4.47. The second-order valence-corrected chi connectivity index (χ2v) is 6.13. The highest BCUT2D eigenvalue weighted by Gasteiger charge is 2.35. The van der Waals surface area contributed by atoms with Crippen molar-refractivity contribution in [2.24, 2.45) is 11.1 Å². The Morgan fingerprint density at radius 2 is 2.25 bits per heavy atom. The zero-order valence-corrected chi connectivity index (χ0v) is 11.1. The van der Waals surface area contributed by atoms with Gasteiger partial charge in [-0.3, -0.25) is 9.69 Å². The Hall–Kier alpha value is -2.07. The number of carbonyl (C=O) groups is 2. The Morgan fingerprint density at radius 1 is 1.55 bits per heavy atom. The number of carboxylic acid groups (broad SMARTS) is 1. The molecule has 1 aromatic rings. The molecule has 20 heavy (non-hydrogen) atoms. The minimum atomic E-state index is -3.69. The third-order valence-electron chi connectivity index (χ3n) is 2.85. The van der Waals surface area contributed by atoms with Crippen molar-refractivity contribution >= 4 is 27.7 Å². The predicted molar refractivity (Wildman–Crippen MR) is 67.4 cm³/mol. The normalized spacial score (nSPS) is 19.4. The number of anilines is 1. The van der Waals surface area contributed by atoms with Crippen LogP contribution in [0.2, 0.25) is 0 Å². The molecule has 10 heteroatoms. The fraction of sp³-hybridized carbons (Fsp3) is 0.400. The molecule has 1 saturated heterocycles. The van der Waals surface area contributed by atoms with Crippen molar-refractivity contribution < 1.29 is 23.1 Å². The Morgan fingerprint density at radius 3 is 2.85 bits per heavy atom. The molecule has 3 N–H and O–H groups in total. The van der Waals surface area contributed by atoms with Gasteiger partial charge < -0.3 is 5.11 Å². The fourth-order valence-electron chi connectivity index (χ4n) is 2.12. The van der Waals surface area contributed by atoms with Gasteiger partial charge in [0.15, 0.2) is 5.82 Å². The monoisotopic (exact) mass is 300 g/mol. The molecule has 1 aromatic heterocycles. The van der Waals surface area contributed by atoms with E-state index in [1.165, 1.54) is 0 Å². The van der Waals surface area contributed by atoms with Gasteiger partial charge in [-0.05, 0) is 0 Å². The quantitative estimate of drug-likeness (QED) is 0.711. The van der Waals surface area contributed by atoms with Gasteiger partial charge in [-0.15, -0.1) is 0 Å². The van der Waals surface area contributed by atoms with E-state index in [0.29, 0.717) is 0 Å². The topological polar surface area (TPSA) is 144 Å². The van der Waals surface area contributed by atoms with Crippen molar-refractivity contribution in [3.05, 3.63) is 18.1 Å². The van der Waals surface area contributed by atoms with Gasteiger partial charge in [0.1, 0.15) is 11.9 Å². The number of nitrogens with zero attached hydrogens (tertiary/aromatic N) is 3. The molecule has 0 saturated carbocycles. The molecule has 0 bridgehead atoms. The molecule has 0 aromatic carbocycles. The SMILES string of the molecule is NS(=O)(=O)CC1CC(=O)N(c2ncncc2C(=O)O)C1. The summed E-state index contributed by atoms with van der Waals surface area (Å²) in [5.41, 5.74) is -0.211. The van der Waals surface area contributed by atoms with Crippen molar-refractivity contribution in [1.82, 2.24) is 9.97 Å². The molecule has 9 nitrogen and oxygen atoms in total. The average Bonchev–Trinajstić information content (AvgIpc) is 2.67. The molecule has 1 aliphatic rings. The van der Waals surface area contributed by atoms with Gasteiger partial charge in [-0.1, -0.05) is 0 Å². The van der Waals surface area contributed by atoms with E-state index in [4.69, 9.17) is 10.2 Å². The van der Waals surface area contributed by atoms with Gasteiger partial charge in [0.2, 0.25) is 15.9 Å². The largest absolute Gasteiger partial charge is 0.477 e. The van der Waals surface area contributed by atoms with Gasteiger partial charge in [-0.2, -0.15) is 0 Å². The van der Waals surface area contributed by atoms with Crippen LogP contribution in [0.3, 0.4) is 0 Å². The van der Waals surface area contributed by atoms with Crippen molar-refractivity contribution in [3.63, 3.8) is 0 Å². The first-order valence-corrected chi connectivity index (χ1v) is 7.33. The first kappa shape index (κ1) is 14.3. The number of primary sulfonamides is 1. The maximum Gasteiger partial charge on any atom is 0.341 e. The first-order chi connectivity index (χ1) is 9.28. The molecular formula is C10H12N4O5S. The van der Waals surface area contributed by atoms with Crippen LogP contribution in [-0.2, 0) is 14.8 Å². The van der Waals surface area contributed by atoms with Crippen LogP contribution >= 0.6 is 0 Å². The maximum atomic E-state index is 11.9. The molecule has 1 fully saturated rings. The van der Waals surface area contributed by atoms with Gasteiger partial charge >= 0.3 is 5.97 Å². The number of aromatic nitrogens is 2. The summed E-state index contributed by atoms with van der Waals surface area (Å²) in [7, 11) is -3.69. The van der Waals surface area contributed by atoms with E-state index >= 15 is 0 Å². The van der Waals surface area contributed by atoms with E-state index in [0.717, 1.165) is 17.4 Å². The van der Waals surface area contributed by atoms with Crippen LogP contribution in [0.15, 0.2) is 12.5 Å². The summed E-state index contributed by atoms with van der Waals surface area (Å²) in [5.74, 6) is -2.49. The van der Waals surface area contributed by atoms with E-state index in [1.807, 2.05) is 0 Å². The first-order valence-electron chi connectivity index (χ1n) is 5.62. The Bertz CT molecular complexity index is 659. The molecule has 2 rings (SSSR count). The Balaban J connectivity index is 2.27. The summed E-state index contributed by atoms with van der Waals surface area (Å²) < 4.78 is 22.1. The van der Waals surface area contributed by atoms with E-state index in [1.54, 1.807) is 0 Å². The highest BCUT2D eigenvalue weighted by atomic mass is 32.2. The molecule has 0 radical (unpaired) electrons. The third-order valence-corrected chi connectivity index (χ3v) is 3.79. The third kappa shape index (κ3) is 3.08. The molecule has 2 heterocycles. The van der Waals surface area contributed by atoms with Gasteiger partial charge in [0.25, 0.3) is 0 Å². The van der Waals surface area contributed by atoms with E-state index in [9.17, 15) is 18.0 Å². The summed E-state index contributed by atoms with van der Waals surface area (Å²) in [5, 5.41) is 14.0.